The summed E-state index contributed by atoms with van der Waals surface area (Å²) in [6.07, 6.45) is 4.19. The maximum absolute atomic E-state index is 5.63. The molecule has 2 N–H and O–H groups in total. The van der Waals surface area contributed by atoms with E-state index in [2.05, 4.69) is 27.5 Å². The van der Waals surface area contributed by atoms with Crippen molar-refractivity contribution in [2.45, 2.75) is 39.7 Å². The van der Waals surface area contributed by atoms with E-state index in [4.69, 9.17) is 4.74 Å². The minimum absolute atomic E-state index is 0.178. The Bertz CT molecular complexity index is 569. The first-order valence-corrected chi connectivity index (χ1v) is 7.78. The van der Waals surface area contributed by atoms with Gasteiger partial charge in [0.1, 0.15) is 11.6 Å². The number of rotatable bonds is 8. The topological polar surface area (TPSA) is 59.1 Å². The van der Waals surface area contributed by atoms with E-state index in [1.54, 1.807) is 6.20 Å². The third kappa shape index (κ3) is 5.24. The molecule has 5 nitrogen and oxygen atoms in total. The SMILES string of the molecule is CCCCNc1nccc(Nc2ccc(OC(C)C)cc2)n1. The number of hydrogen-bond acceptors (Lipinski definition) is 5. The second-order valence-corrected chi connectivity index (χ2v) is 5.36. The van der Waals surface area contributed by atoms with Gasteiger partial charge in [-0.15, -0.1) is 0 Å². The summed E-state index contributed by atoms with van der Waals surface area (Å²) in [4.78, 5) is 8.66. The van der Waals surface area contributed by atoms with Gasteiger partial charge in [-0.3, -0.25) is 0 Å². The number of anilines is 3. The molecule has 2 aromatic rings. The van der Waals surface area contributed by atoms with Gasteiger partial charge in [-0.25, -0.2) is 4.98 Å². The highest BCUT2D eigenvalue weighted by Gasteiger charge is 2.01. The van der Waals surface area contributed by atoms with Gasteiger partial charge < -0.3 is 15.4 Å². The number of hydrogen-bond donors (Lipinski definition) is 2. The predicted octanol–water partition coefficient (Wildman–Crippen LogP) is 4.22. The quantitative estimate of drug-likeness (QED) is 0.715. The summed E-state index contributed by atoms with van der Waals surface area (Å²) in [5.74, 6) is 2.29. The standard InChI is InChI=1S/C17H24N4O/c1-4-5-11-18-17-19-12-10-16(21-17)20-14-6-8-15(9-7-14)22-13(2)3/h6-10,12-13H,4-5,11H2,1-3H3,(H2,18,19,20,21). The van der Waals surface area contributed by atoms with Crippen LogP contribution in [-0.4, -0.2) is 22.6 Å². The molecule has 1 heterocycles. The van der Waals surface area contributed by atoms with E-state index in [1.165, 1.54) is 0 Å². The molecule has 0 aliphatic rings. The van der Waals surface area contributed by atoms with Crippen LogP contribution in [0.3, 0.4) is 0 Å². The molecule has 0 fully saturated rings. The van der Waals surface area contributed by atoms with E-state index in [9.17, 15) is 0 Å². The molecule has 0 atom stereocenters. The first-order valence-electron chi connectivity index (χ1n) is 7.78. The van der Waals surface area contributed by atoms with Gasteiger partial charge in [-0.05, 0) is 50.6 Å². The molecule has 5 heteroatoms. The monoisotopic (exact) mass is 300 g/mol. The highest BCUT2D eigenvalue weighted by Crippen LogP contribution is 2.20. The zero-order chi connectivity index (χ0) is 15.8. The van der Waals surface area contributed by atoms with E-state index >= 15 is 0 Å². The van der Waals surface area contributed by atoms with Crippen molar-refractivity contribution >= 4 is 17.5 Å². The zero-order valence-corrected chi connectivity index (χ0v) is 13.5. The molecule has 22 heavy (non-hydrogen) atoms. The molecule has 0 amide bonds. The molecular formula is C17H24N4O. The van der Waals surface area contributed by atoms with Crippen molar-refractivity contribution in [2.24, 2.45) is 0 Å². The Kier molecular flexibility index (Phi) is 6.01. The maximum atomic E-state index is 5.63. The molecule has 0 bridgehead atoms. The van der Waals surface area contributed by atoms with Crippen molar-refractivity contribution < 1.29 is 4.74 Å². The van der Waals surface area contributed by atoms with Crippen LogP contribution >= 0.6 is 0 Å². The van der Waals surface area contributed by atoms with Gasteiger partial charge in [-0.2, -0.15) is 4.98 Å². The largest absolute Gasteiger partial charge is 0.491 e. The summed E-state index contributed by atoms with van der Waals surface area (Å²) in [6.45, 7) is 7.08. The summed E-state index contributed by atoms with van der Waals surface area (Å²) in [5, 5.41) is 6.49. The molecule has 118 valence electrons. The minimum atomic E-state index is 0.178. The fraction of sp³-hybridized carbons (Fsp3) is 0.412. The van der Waals surface area contributed by atoms with Gasteiger partial charge in [0, 0.05) is 18.4 Å². The Labute approximate surface area is 132 Å². The van der Waals surface area contributed by atoms with Crippen LogP contribution in [0, 0.1) is 0 Å². The van der Waals surface area contributed by atoms with Crippen LogP contribution in [0.1, 0.15) is 33.6 Å². The predicted molar refractivity (Wildman–Crippen MR) is 90.9 cm³/mol. The summed E-state index contributed by atoms with van der Waals surface area (Å²) in [7, 11) is 0. The Morgan fingerprint density at radius 2 is 1.91 bits per heavy atom. The molecule has 0 saturated heterocycles. The van der Waals surface area contributed by atoms with Crippen molar-refractivity contribution in [2.75, 3.05) is 17.2 Å². The summed E-state index contributed by atoms with van der Waals surface area (Å²) >= 11 is 0. The molecule has 0 aliphatic carbocycles. The van der Waals surface area contributed by atoms with Crippen LogP contribution in [-0.2, 0) is 0 Å². The first kappa shape index (κ1) is 16.1. The van der Waals surface area contributed by atoms with E-state index in [1.807, 2.05) is 44.2 Å². The molecule has 1 aromatic heterocycles. The van der Waals surface area contributed by atoms with Crippen LogP contribution < -0.4 is 15.4 Å². The van der Waals surface area contributed by atoms with Gasteiger partial charge in [0.2, 0.25) is 5.95 Å². The molecule has 0 spiro atoms. The maximum Gasteiger partial charge on any atom is 0.224 e. The minimum Gasteiger partial charge on any atom is -0.491 e. The second-order valence-electron chi connectivity index (χ2n) is 5.36. The lowest BCUT2D eigenvalue weighted by Gasteiger charge is -2.11. The normalized spacial score (nSPS) is 10.5. The Balaban J connectivity index is 1.96. The van der Waals surface area contributed by atoms with E-state index in [-0.39, 0.29) is 6.10 Å². The fourth-order valence-electron chi connectivity index (χ4n) is 1.93. The molecule has 0 saturated carbocycles. The Morgan fingerprint density at radius 1 is 1.14 bits per heavy atom. The highest BCUT2D eigenvalue weighted by molar-refractivity contribution is 5.57. The van der Waals surface area contributed by atoms with Crippen molar-refractivity contribution in [1.29, 1.82) is 0 Å². The van der Waals surface area contributed by atoms with Gasteiger partial charge in [-0.1, -0.05) is 13.3 Å². The third-order valence-electron chi connectivity index (χ3n) is 2.97. The van der Waals surface area contributed by atoms with Crippen LogP contribution in [0.15, 0.2) is 36.5 Å². The van der Waals surface area contributed by atoms with Crippen LogP contribution in [0.5, 0.6) is 5.75 Å². The lowest BCUT2D eigenvalue weighted by atomic mass is 10.3. The van der Waals surface area contributed by atoms with Gasteiger partial charge in [0.25, 0.3) is 0 Å². The first-order chi connectivity index (χ1) is 10.7. The number of aromatic nitrogens is 2. The van der Waals surface area contributed by atoms with Gasteiger partial charge >= 0.3 is 0 Å². The Hall–Kier alpha value is -2.30. The lowest BCUT2D eigenvalue weighted by molar-refractivity contribution is 0.242. The number of ether oxygens (including phenoxy) is 1. The average molecular weight is 300 g/mol. The number of nitrogens with zero attached hydrogens (tertiary/aromatic N) is 2. The van der Waals surface area contributed by atoms with Crippen molar-refractivity contribution in [3.05, 3.63) is 36.5 Å². The molecule has 2 rings (SSSR count). The molecule has 0 aliphatic heterocycles. The van der Waals surface area contributed by atoms with Gasteiger partial charge in [0.15, 0.2) is 0 Å². The summed E-state index contributed by atoms with van der Waals surface area (Å²) in [5.41, 5.74) is 0.967. The van der Waals surface area contributed by atoms with E-state index in [0.717, 1.165) is 36.6 Å². The molecular weight excluding hydrogens is 276 g/mol. The smallest absolute Gasteiger partial charge is 0.224 e. The van der Waals surface area contributed by atoms with Crippen molar-refractivity contribution in [1.82, 2.24) is 9.97 Å². The van der Waals surface area contributed by atoms with Crippen LogP contribution in [0.2, 0.25) is 0 Å². The fourth-order valence-corrected chi connectivity index (χ4v) is 1.93. The summed E-state index contributed by atoms with van der Waals surface area (Å²) < 4.78 is 5.63. The van der Waals surface area contributed by atoms with Gasteiger partial charge in [0.05, 0.1) is 6.10 Å². The zero-order valence-electron chi connectivity index (χ0n) is 13.5. The van der Waals surface area contributed by atoms with E-state index < -0.39 is 0 Å². The van der Waals surface area contributed by atoms with Crippen molar-refractivity contribution in [3.63, 3.8) is 0 Å². The van der Waals surface area contributed by atoms with Crippen LogP contribution in [0.25, 0.3) is 0 Å². The molecule has 1 aromatic carbocycles. The number of benzene rings is 1. The molecule has 0 unspecified atom stereocenters. The van der Waals surface area contributed by atoms with Crippen molar-refractivity contribution in [3.8, 4) is 5.75 Å². The summed E-state index contributed by atoms with van der Waals surface area (Å²) in [6, 6.07) is 9.70. The molecule has 0 radical (unpaired) electrons. The average Bonchev–Trinajstić information content (AvgIpc) is 2.49. The lowest BCUT2D eigenvalue weighted by Crippen LogP contribution is -2.06. The Morgan fingerprint density at radius 3 is 2.59 bits per heavy atom. The van der Waals surface area contributed by atoms with Crippen LogP contribution in [0.4, 0.5) is 17.5 Å². The highest BCUT2D eigenvalue weighted by atomic mass is 16.5. The number of nitrogens with one attached hydrogen (secondary N) is 2. The number of unbranched alkanes of at least 4 members (excludes halogenated alkanes) is 1. The van der Waals surface area contributed by atoms with E-state index in [0.29, 0.717) is 5.95 Å². The second kappa shape index (κ2) is 8.22. The third-order valence-corrected chi connectivity index (χ3v) is 2.97.